The largest absolute Gasteiger partial charge is 0.494 e. The van der Waals surface area contributed by atoms with Gasteiger partial charge in [0.05, 0.1) is 45.0 Å². The number of hydrogen-bond donors (Lipinski definition) is 2. The van der Waals surface area contributed by atoms with Gasteiger partial charge < -0.3 is 24.1 Å². The quantitative estimate of drug-likeness (QED) is 0.668. The SMILES string of the molecule is CCOc1ccc2oc(-c3ccccc3)c(C(=O)N3CC[NH+](CCO)CC3)c2c1. The summed E-state index contributed by atoms with van der Waals surface area (Å²) in [6, 6.07) is 15.4. The number of hydrogen-bond acceptors (Lipinski definition) is 4. The van der Waals surface area contributed by atoms with Crippen molar-refractivity contribution < 1.29 is 24.0 Å². The smallest absolute Gasteiger partial charge is 0.258 e. The normalized spacial score (nSPS) is 15.0. The van der Waals surface area contributed by atoms with Crippen molar-refractivity contribution >= 4 is 16.9 Å². The molecule has 1 aromatic heterocycles. The maximum Gasteiger partial charge on any atom is 0.258 e. The molecule has 1 amide bonds. The van der Waals surface area contributed by atoms with Crippen molar-refractivity contribution in [2.24, 2.45) is 0 Å². The highest BCUT2D eigenvalue weighted by Gasteiger charge is 2.30. The Balaban J connectivity index is 1.74. The fraction of sp³-hybridized carbons (Fsp3) is 0.348. The highest BCUT2D eigenvalue weighted by molar-refractivity contribution is 6.11. The summed E-state index contributed by atoms with van der Waals surface area (Å²) in [5.41, 5.74) is 2.16. The number of benzene rings is 2. The summed E-state index contributed by atoms with van der Waals surface area (Å²) in [7, 11) is 0. The maximum atomic E-state index is 13.6. The molecule has 2 heterocycles. The van der Waals surface area contributed by atoms with Gasteiger partial charge in [0, 0.05) is 10.9 Å². The zero-order chi connectivity index (χ0) is 20.2. The summed E-state index contributed by atoms with van der Waals surface area (Å²) >= 11 is 0. The Kier molecular flexibility index (Phi) is 5.83. The maximum absolute atomic E-state index is 13.6. The highest BCUT2D eigenvalue weighted by Crippen LogP contribution is 2.36. The van der Waals surface area contributed by atoms with Crippen molar-refractivity contribution in [3.8, 4) is 17.1 Å². The standard InChI is InChI=1S/C23H26N2O4/c1-2-28-18-8-9-20-19(16-18)21(22(29-20)17-6-4-3-5-7-17)23(27)25-12-10-24(11-13-25)14-15-26/h3-9,16,26H,2,10-15H2,1H3/p+1. The van der Waals surface area contributed by atoms with Crippen LogP contribution in [0.15, 0.2) is 52.9 Å². The van der Waals surface area contributed by atoms with E-state index in [1.807, 2.05) is 60.4 Å². The molecule has 0 bridgehead atoms. The van der Waals surface area contributed by atoms with E-state index < -0.39 is 0 Å². The lowest BCUT2D eigenvalue weighted by molar-refractivity contribution is -0.904. The van der Waals surface area contributed by atoms with Gasteiger partial charge in [-0.2, -0.15) is 0 Å². The zero-order valence-corrected chi connectivity index (χ0v) is 16.7. The number of carbonyl (C=O) groups excluding carboxylic acids is 1. The van der Waals surface area contributed by atoms with Crippen LogP contribution in [-0.2, 0) is 0 Å². The van der Waals surface area contributed by atoms with Crippen LogP contribution in [0.25, 0.3) is 22.3 Å². The van der Waals surface area contributed by atoms with Gasteiger partial charge in [0.25, 0.3) is 5.91 Å². The molecule has 1 saturated heterocycles. The fourth-order valence-electron chi connectivity index (χ4n) is 3.93. The number of ether oxygens (including phenoxy) is 1. The summed E-state index contributed by atoms with van der Waals surface area (Å²) < 4.78 is 11.8. The molecule has 4 rings (SSSR count). The minimum atomic E-state index is -0.0145. The third-order valence-corrected chi connectivity index (χ3v) is 5.44. The minimum Gasteiger partial charge on any atom is -0.494 e. The minimum absolute atomic E-state index is 0.0145. The Bertz CT molecular complexity index is 975. The molecule has 2 aromatic carbocycles. The first kappa shape index (κ1) is 19.5. The van der Waals surface area contributed by atoms with Crippen LogP contribution in [0.3, 0.4) is 0 Å². The van der Waals surface area contributed by atoms with E-state index in [1.165, 1.54) is 4.90 Å². The first-order valence-corrected chi connectivity index (χ1v) is 10.2. The number of nitrogens with zero attached hydrogens (tertiary/aromatic N) is 1. The number of nitrogens with one attached hydrogen (secondary N) is 1. The molecule has 2 N–H and O–H groups in total. The molecule has 0 aliphatic carbocycles. The van der Waals surface area contributed by atoms with E-state index in [0.29, 0.717) is 36.6 Å². The lowest BCUT2D eigenvalue weighted by Crippen LogP contribution is -3.15. The van der Waals surface area contributed by atoms with E-state index in [1.54, 1.807) is 0 Å². The molecule has 0 atom stereocenters. The predicted molar refractivity (Wildman–Crippen MR) is 111 cm³/mol. The molecule has 6 heteroatoms. The Labute approximate surface area is 170 Å². The van der Waals surface area contributed by atoms with Crippen molar-refractivity contribution in [1.29, 1.82) is 0 Å². The van der Waals surface area contributed by atoms with Crippen molar-refractivity contribution in [2.75, 3.05) is 45.9 Å². The zero-order valence-electron chi connectivity index (χ0n) is 16.7. The molecule has 0 radical (unpaired) electrons. The summed E-state index contributed by atoms with van der Waals surface area (Å²) in [6.45, 7) is 6.42. The topological polar surface area (TPSA) is 67.3 Å². The molecule has 152 valence electrons. The van der Waals surface area contributed by atoms with Crippen LogP contribution in [0.4, 0.5) is 0 Å². The summed E-state index contributed by atoms with van der Waals surface area (Å²) in [6.07, 6.45) is 0. The molecular formula is C23H27N2O4+. The van der Waals surface area contributed by atoms with Crippen molar-refractivity contribution in [1.82, 2.24) is 4.90 Å². The molecule has 0 spiro atoms. The Morgan fingerprint density at radius 2 is 1.93 bits per heavy atom. The van der Waals surface area contributed by atoms with Crippen LogP contribution in [0, 0.1) is 0 Å². The molecule has 3 aromatic rings. The third kappa shape index (κ3) is 3.99. The third-order valence-electron chi connectivity index (χ3n) is 5.44. The molecule has 1 fully saturated rings. The molecule has 6 nitrogen and oxygen atoms in total. The van der Waals surface area contributed by atoms with Gasteiger partial charge in [0.15, 0.2) is 0 Å². The molecule has 1 aliphatic heterocycles. The van der Waals surface area contributed by atoms with Gasteiger partial charge in [-0.25, -0.2) is 0 Å². The number of furan rings is 1. The van der Waals surface area contributed by atoms with Crippen LogP contribution in [0.1, 0.15) is 17.3 Å². The van der Waals surface area contributed by atoms with Gasteiger partial charge in [-0.05, 0) is 25.1 Å². The van der Waals surface area contributed by atoms with E-state index in [2.05, 4.69) is 0 Å². The summed E-state index contributed by atoms with van der Waals surface area (Å²) in [5, 5.41) is 9.95. The number of rotatable bonds is 6. The van der Waals surface area contributed by atoms with Gasteiger partial charge in [-0.15, -0.1) is 0 Å². The first-order valence-electron chi connectivity index (χ1n) is 10.2. The van der Waals surface area contributed by atoms with E-state index in [4.69, 9.17) is 14.3 Å². The van der Waals surface area contributed by atoms with E-state index in [-0.39, 0.29) is 12.5 Å². The average Bonchev–Trinajstić information content (AvgIpc) is 3.14. The van der Waals surface area contributed by atoms with Crippen LogP contribution in [0.5, 0.6) is 5.75 Å². The number of carbonyl (C=O) groups is 1. The summed E-state index contributed by atoms with van der Waals surface area (Å²) in [4.78, 5) is 16.8. The van der Waals surface area contributed by atoms with Gasteiger partial charge >= 0.3 is 0 Å². The number of fused-ring (bicyclic) bond motifs is 1. The van der Waals surface area contributed by atoms with Gasteiger partial charge in [-0.1, -0.05) is 30.3 Å². The average molecular weight is 395 g/mol. The Morgan fingerprint density at radius 3 is 2.62 bits per heavy atom. The molecular weight excluding hydrogens is 368 g/mol. The summed E-state index contributed by atoms with van der Waals surface area (Å²) in [5.74, 6) is 1.32. The lowest BCUT2D eigenvalue weighted by atomic mass is 10.0. The monoisotopic (exact) mass is 395 g/mol. The number of amides is 1. The van der Waals surface area contributed by atoms with Crippen molar-refractivity contribution in [3.63, 3.8) is 0 Å². The van der Waals surface area contributed by atoms with Crippen molar-refractivity contribution in [3.05, 3.63) is 54.1 Å². The molecule has 1 aliphatic rings. The van der Waals surface area contributed by atoms with Crippen LogP contribution in [-0.4, -0.2) is 61.9 Å². The second-order valence-corrected chi connectivity index (χ2v) is 7.28. The second-order valence-electron chi connectivity index (χ2n) is 7.28. The van der Waals surface area contributed by atoms with Crippen LogP contribution < -0.4 is 9.64 Å². The van der Waals surface area contributed by atoms with Gasteiger partial charge in [0.2, 0.25) is 0 Å². The van der Waals surface area contributed by atoms with E-state index >= 15 is 0 Å². The molecule has 29 heavy (non-hydrogen) atoms. The predicted octanol–water partition coefficient (Wildman–Crippen LogP) is 1.83. The lowest BCUT2D eigenvalue weighted by Gasteiger charge is -2.32. The van der Waals surface area contributed by atoms with Crippen LogP contribution in [0.2, 0.25) is 0 Å². The van der Waals surface area contributed by atoms with Crippen molar-refractivity contribution in [2.45, 2.75) is 6.92 Å². The second kappa shape index (κ2) is 8.68. The van der Waals surface area contributed by atoms with E-state index in [0.717, 1.165) is 36.3 Å². The number of aliphatic hydroxyl groups is 1. The van der Waals surface area contributed by atoms with Crippen LogP contribution >= 0.6 is 0 Å². The molecule has 0 unspecified atom stereocenters. The van der Waals surface area contributed by atoms with Gasteiger partial charge in [-0.3, -0.25) is 4.79 Å². The van der Waals surface area contributed by atoms with Gasteiger partial charge in [0.1, 0.15) is 23.6 Å². The first-order chi connectivity index (χ1) is 14.2. The Morgan fingerprint density at radius 1 is 1.17 bits per heavy atom. The fourth-order valence-corrected chi connectivity index (χ4v) is 3.93. The highest BCUT2D eigenvalue weighted by atomic mass is 16.5. The molecule has 0 saturated carbocycles. The number of piperazine rings is 1. The number of aliphatic hydroxyl groups excluding tert-OH is 1. The van der Waals surface area contributed by atoms with E-state index in [9.17, 15) is 4.79 Å². The number of quaternary nitrogens is 1. The Hall–Kier alpha value is -2.83.